The first-order chi connectivity index (χ1) is 9.70. The molecular weight excluding hydrogens is 261 g/mol. The van der Waals surface area contributed by atoms with Crippen molar-refractivity contribution in [2.75, 3.05) is 11.1 Å². The molecule has 0 saturated heterocycles. The molecule has 20 heavy (non-hydrogen) atoms. The van der Waals surface area contributed by atoms with Crippen LogP contribution in [0.4, 0.5) is 22.0 Å². The van der Waals surface area contributed by atoms with E-state index in [1.54, 1.807) is 35.4 Å². The van der Waals surface area contributed by atoms with Crippen molar-refractivity contribution in [2.24, 2.45) is 0 Å². The number of nitrogens with two attached hydrogens (primary N) is 1. The Balaban J connectivity index is 1.94. The lowest BCUT2D eigenvalue weighted by molar-refractivity contribution is 0.628. The van der Waals surface area contributed by atoms with E-state index in [1.807, 2.05) is 0 Å². The number of nitrogen functional groups attached to an aromatic ring is 1. The number of nitrogens with one attached hydrogen (secondary N) is 1. The Hall–Kier alpha value is -3.03. The average Bonchev–Trinajstić information content (AvgIpc) is 2.91. The van der Waals surface area contributed by atoms with Crippen molar-refractivity contribution in [1.82, 2.24) is 24.5 Å². The van der Waals surface area contributed by atoms with Crippen LogP contribution in [-0.4, -0.2) is 24.5 Å². The lowest BCUT2D eigenvalue weighted by Gasteiger charge is -2.07. The van der Waals surface area contributed by atoms with Crippen molar-refractivity contribution in [3.05, 3.63) is 48.8 Å². The monoisotopic (exact) mass is 271 g/mol. The molecule has 2 aromatic heterocycles. The van der Waals surface area contributed by atoms with Gasteiger partial charge in [-0.15, -0.1) is 0 Å². The number of hydrogen-bond acceptors (Lipinski definition) is 6. The Bertz CT molecular complexity index is 726. The maximum Gasteiger partial charge on any atom is 0.241 e. The minimum absolute atomic E-state index is 0.0580. The third kappa shape index (κ3) is 2.53. The SMILES string of the molecule is Nc1nc(Nc2cccc(F)c2)nc(-n2ccnc2)n1. The quantitative estimate of drug-likeness (QED) is 0.750. The Labute approximate surface area is 113 Å². The van der Waals surface area contributed by atoms with Gasteiger partial charge in [0.1, 0.15) is 12.1 Å². The van der Waals surface area contributed by atoms with Crippen molar-refractivity contribution in [3.8, 4) is 5.95 Å². The molecule has 0 aliphatic rings. The Morgan fingerprint density at radius 2 is 2.10 bits per heavy atom. The summed E-state index contributed by atoms with van der Waals surface area (Å²) in [7, 11) is 0. The fourth-order valence-corrected chi connectivity index (χ4v) is 1.62. The zero-order chi connectivity index (χ0) is 13.9. The predicted octanol–water partition coefficient (Wildman–Crippen LogP) is 1.52. The highest BCUT2D eigenvalue weighted by Gasteiger charge is 2.06. The van der Waals surface area contributed by atoms with E-state index in [2.05, 4.69) is 25.3 Å². The highest BCUT2D eigenvalue weighted by molar-refractivity contribution is 5.54. The Kier molecular flexibility index (Phi) is 2.96. The topological polar surface area (TPSA) is 94.5 Å². The van der Waals surface area contributed by atoms with Gasteiger partial charge in [-0.05, 0) is 18.2 Å². The van der Waals surface area contributed by atoms with E-state index in [0.29, 0.717) is 11.6 Å². The number of imidazole rings is 1. The summed E-state index contributed by atoms with van der Waals surface area (Å²) in [6.45, 7) is 0. The van der Waals surface area contributed by atoms with E-state index in [-0.39, 0.29) is 17.7 Å². The van der Waals surface area contributed by atoms with Gasteiger partial charge in [0.2, 0.25) is 17.8 Å². The van der Waals surface area contributed by atoms with Crippen molar-refractivity contribution in [2.45, 2.75) is 0 Å². The summed E-state index contributed by atoms with van der Waals surface area (Å²) >= 11 is 0. The normalized spacial score (nSPS) is 10.4. The summed E-state index contributed by atoms with van der Waals surface area (Å²) in [4.78, 5) is 16.1. The summed E-state index contributed by atoms with van der Waals surface area (Å²) < 4.78 is 14.7. The average molecular weight is 271 g/mol. The third-order valence-electron chi connectivity index (χ3n) is 2.46. The molecule has 0 aliphatic heterocycles. The first-order valence-electron chi connectivity index (χ1n) is 5.73. The largest absolute Gasteiger partial charge is 0.368 e. The lowest BCUT2D eigenvalue weighted by atomic mass is 10.3. The number of aromatic nitrogens is 5. The molecule has 3 rings (SSSR count). The van der Waals surface area contributed by atoms with E-state index in [9.17, 15) is 4.39 Å². The first-order valence-corrected chi connectivity index (χ1v) is 5.73. The number of hydrogen-bond donors (Lipinski definition) is 2. The number of nitrogens with zero attached hydrogens (tertiary/aromatic N) is 5. The van der Waals surface area contributed by atoms with Crippen LogP contribution >= 0.6 is 0 Å². The molecule has 2 heterocycles. The predicted molar refractivity (Wildman–Crippen MR) is 71.0 cm³/mol. The van der Waals surface area contributed by atoms with Gasteiger partial charge in [0.05, 0.1) is 0 Å². The van der Waals surface area contributed by atoms with Gasteiger partial charge in [0.15, 0.2) is 0 Å². The van der Waals surface area contributed by atoms with Crippen molar-refractivity contribution < 1.29 is 4.39 Å². The second-order valence-electron chi connectivity index (χ2n) is 3.92. The van der Waals surface area contributed by atoms with Crippen molar-refractivity contribution in [3.63, 3.8) is 0 Å². The van der Waals surface area contributed by atoms with Crippen LogP contribution in [0.25, 0.3) is 5.95 Å². The summed E-state index contributed by atoms with van der Waals surface area (Å²) in [5, 5.41) is 2.87. The first kappa shape index (κ1) is 12.0. The second kappa shape index (κ2) is 4.92. The molecule has 0 saturated carbocycles. The molecule has 0 aliphatic carbocycles. The van der Waals surface area contributed by atoms with Gasteiger partial charge in [0.25, 0.3) is 0 Å². The molecule has 0 radical (unpaired) electrons. The minimum Gasteiger partial charge on any atom is -0.368 e. The van der Waals surface area contributed by atoms with E-state index in [4.69, 9.17) is 5.73 Å². The zero-order valence-corrected chi connectivity index (χ0v) is 10.2. The summed E-state index contributed by atoms with van der Waals surface area (Å²) in [6, 6.07) is 5.96. The summed E-state index contributed by atoms with van der Waals surface area (Å²) in [5.74, 6) is 0.259. The molecule has 1 aromatic carbocycles. The van der Waals surface area contributed by atoms with Gasteiger partial charge in [0, 0.05) is 18.1 Å². The van der Waals surface area contributed by atoms with Crippen LogP contribution in [0.5, 0.6) is 0 Å². The Morgan fingerprint density at radius 1 is 1.20 bits per heavy atom. The molecule has 0 fully saturated rings. The maximum atomic E-state index is 13.1. The van der Waals surface area contributed by atoms with Crippen LogP contribution in [-0.2, 0) is 0 Å². The fourth-order valence-electron chi connectivity index (χ4n) is 1.62. The van der Waals surface area contributed by atoms with E-state index < -0.39 is 0 Å². The van der Waals surface area contributed by atoms with Gasteiger partial charge < -0.3 is 11.1 Å². The van der Waals surface area contributed by atoms with Gasteiger partial charge >= 0.3 is 0 Å². The zero-order valence-electron chi connectivity index (χ0n) is 10.2. The molecule has 7 nitrogen and oxygen atoms in total. The molecule has 0 spiro atoms. The van der Waals surface area contributed by atoms with Gasteiger partial charge in [-0.3, -0.25) is 4.57 Å². The number of rotatable bonds is 3. The molecule has 3 N–H and O–H groups in total. The molecule has 0 unspecified atom stereocenters. The van der Waals surface area contributed by atoms with E-state index in [0.717, 1.165) is 0 Å². The number of anilines is 3. The molecular formula is C12H10FN7. The van der Waals surface area contributed by atoms with Gasteiger partial charge in [-0.2, -0.15) is 15.0 Å². The fraction of sp³-hybridized carbons (Fsp3) is 0. The minimum atomic E-state index is -0.355. The maximum absolute atomic E-state index is 13.1. The van der Waals surface area contributed by atoms with Crippen LogP contribution in [0.15, 0.2) is 43.0 Å². The Morgan fingerprint density at radius 3 is 2.85 bits per heavy atom. The lowest BCUT2D eigenvalue weighted by Crippen LogP contribution is -2.08. The van der Waals surface area contributed by atoms with Crippen LogP contribution in [0.2, 0.25) is 0 Å². The van der Waals surface area contributed by atoms with Crippen LogP contribution in [0, 0.1) is 5.82 Å². The molecule has 0 bridgehead atoms. The van der Waals surface area contributed by atoms with E-state index in [1.165, 1.54) is 12.1 Å². The molecule has 8 heteroatoms. The van der Waals surface area contributed by atoms with Crippen LogP contribution in [0.3, 0.4) is 0 Å². The highest BCUT2D eigenvalue weighted by Crippen LogP contribution is 2.15. The molecule has 100 valence electrons. The molecule has 0 amide bonds. The summed E-state index contributed by atoms with van der Waals surface area (Å²) in [6.07, 6.45) is 4.82. The smallest absolute Gasteiger partial charge is 0.241 e. The number of benzene rings is 1. The third-order valence-corrected chi connectivity index (χ3v) is 2.46. The van der Waals surface area contributed by atoms with E-state index >= 15 is 0 Å². The molecule has 0 atom stereocenters. The summed E-state index contributed by atoms with van der Waals surface area (Å²) in [5.41, 5.74) is 6.16. The van der Waals surface area contributed by atoms with Crippen molar-refractivity contribution in [1.29, 1.82) is 0 Å². The molecule has 3 aromatic rings. The van der Waals surface area contributed by atoms with Crippen LogP contribution < -0.4 is 11.1 Å². The van der Waals surface area contributed by atoms with Crippen molar-refractivity contribution >= 4 is 17.6 Å². The standard InChI is InChI=1S/C12H10FN7/c13-8-2-1-3-9(6-8)16-11-17-10(14)18-12(19-11)20-5-4-15-7-20/h1-7H,(H3,14,16,17,18,19). The number of halogens is 1. The van der Waals surface area contributed by atoms with Crippen LogP contribution in [0.1, 0.15) is 0 Å². The van der Waals surface area contributed by atoms with Gasteiger partial charge in [-0.1, -0.05) is 6.07 Å². The van der Waals surface area contributed by atoms with Gasteiger partial charge in [-0.25, -0.2) is 9.37 Å². The second-order valence-corrected chi connectivity index (χ2v) is 3.92. The highest BCUT2D eigenvalue weighted by atomic mass is 19.1.